The molecule has 1 aliphatic rings. The zero-order valence-electron chi connectivity index (χ0n) is 13.8. The second kappa shape index (κ2) is 8.18. The topological polar surface area (TPSA) is 51.0 Å². The van der Waals surface area contributed by atoms with Crippen LogP contribution in [0.1, 0.15) is 30.1 Å². The van der Waals surface area contributed by atoms with Crippen molar-refractivity contribution in [2.45, 2.75) is 31.5 Å². The SMILES string of the molecule is FC(F)(F)c1nc(C2=CCC(NCCCc3ccc(Br)cc3)C=C2)no1. The van der Waals surface area contributed by atoms with E-state index in [9.17, 15) is 13.2 Å². The summed E-state index contributed by atoms with van der Waals surface area (Å²) in [5.74, 6) is -1.36. The monoisotopic (exact) mass is 427 g/mol. The number of alkyl halides is 3. The third-order valence-electron chi connectivity index (χ3n) is 3.99. The summed E-state index contributed by atoms with van der Waals surface area (Å²) in [4.78, 5) is 3.40. The number of allylic oxidation sites excluding steroid dienone is 2. The minimum atomic E-state index is -4.62. The molecule has 1 N–H and O–H groups in total. The molecule has 1 unspecified atom stereocenters. The Morgan fingerprint density at radius 2 is 2.00 bits per heavy atom. The predicted molar refractivity (Wildman–Crippen MR) is 95.3 cm³/mol. The molecule has 2 aromatic rings. The van der Waals surface area contributed by atoms with Crippen molar-refractivity contribution in [1.82, 2.24) is 15.5 Å². The molecule has 0 bridgehead atoms. The Bertz CT molecular complexity index is 797. The van der Waals surface area contributed by atoms with Gasteiger partial charge in [-0.3, -0.25) is 0 Å². The third-order valence-corrected chi connectivity index (χ3v) is 4.52. The number of aryl methyl sites for hydroxylation is 1. The third kappa shape index (κ3) is 5.04. The van der Waals surface area contributed by atoms with Gasteiger partial charge in [0.15, 0.2) is 0 Å². The first-order chi connectivity index (χ1) is 12.4. The van der Waals surface area contributed by atoms with Gasteiger partial charge in [-0.15, -0.1) is 0 Å². The molecular weight excluding hydrogens is 411 g/mol. The number of aromatic nitrogens is 2. The van der Waals surface area contributed by atoms with Gasteiger partial charge < -0.3 is 9.84 Å². The number of hydrogen-bond acceptors (Lipinski definition) is 4. The molecule has 0 radical (unpaired) electrons. The highest BCUT2D eigenvalue weighted by Gasteiger charge is 2.38. The van der Waals surface area contributed by atoms with Gasteiger partial charge in [-0.05, 0) is 43.5 Å². The fourth-order valence-corrected chi connectivity index (χ4v) is 2.89. The van der Waals surface area contributed by atoms with Gasteiger partial charge >= 0.3 is 12.1 Å². The smallest absolute Gasteiger partial charge is 0.329 e. The molecule has 0 amide bonds. The summed E-state index contributed by atoms with van der Waals surface area (Å²) < 4.78 is 42.8. The molecule has 8 heteroatoms. The summed E-state index contributed by atoms with van der Waals surface area (Å²) in [6.07, 6.45) is 3.49. The molecule has 0 spiro atoms. The van der Waals surface area contributed by atoms with Crippen LogP contribution in [-0.4, -0.2) is 22.7 Å². The minimum Gasteiger partial charge on any atom is -0.329 e. The molecule has 3 rings (SSSR count). The molecule has 138 valence electrons. The van der Waals surface area contributed by atoms with Gasteiger partial charge in [-0.25, -0.2) is 0 Å². The van der Waals surface area contributed by atoms with E-state index < -0.39 is 12.1 Å². The summed E-state index contributed by atoms with van der Waals surface area (Å²) in [6, 6.07) is 8.40. The van der Waals surface area contributed by atoms with Crippen LogP contribution in [0.2, 0.25) is 0 Å². The van der Waals surface area contributed by atoms with Crippen molar-refractivity contribution in [2.24, 2.45) is 0 Å². The zero-order valence-corrected chi connectivity index (χ0v) is 15.3. The van der Waals surface area contributed by atoms with Gasteiger partial charge in [0.25, 0.3) is 0 Å². The summed E-state index contributed by atoms with van der Waals surface area (Å²) >= 11 is 3.42. The number of rotatable bonds is 6. The van der Waals surface area contributed by atoms with Crippen LogP contribution in [-0.2, 0) is 12.6 Å². The molecule has 26 heavy (non-hydrogen) atoms. The van der Waals surface area contributed by atoms with Crippen molar-refractivity contribution in [1.29, 1.82) is 0 Å². The molecule has 1 aromatic carbocycles. The van der Waals surface area contributed by atoms with Gasteiger partial charge in [-0.2, -0.15) is 18.2 Å². The first kappa shape index (κ1) is 18.8. The largest absolute Gasteiger partial charge is 0.471 e. The van der Waals surface area contributed by atoms with Gasteiger partial charge in [0, 0.05) is 16.1 Å². The standard InChI is InChI=1S/C18H17BrF3N3O/c19-14-7-3-12(4-8-14)2-1-11-23-15-9-5-13(6-10-15)16-24-17(26-25-16)18(20,21)22/h3-9,15,23H,1-2,10-11H2. The Balaban J connectivity index is 1.44. The Hall–Kier alpha value is -1.93. The van der Waals surface area contributed by atoms with E-state index in [4.69, 9.17) is 0 Å². The average Bonchev–Trinajstić information content (AvgIpc) is 3.11. The highest BCUT2D eigenvalue weighted by atomic mass is 79.9. The van der Waals surface area contributed by atoms with Crippen molar-refractivity contribution < 1.29 is 17.7 Å². The van der Waals surface area contributed by atoms with Crippen molar-refractivity contribution in [3.63, 3.8) is 0 Å². The van der Waals surface area contributed by atoms with E-state index in [1.54, 1.807) is 6.08 Å². The number of hydrogen-bond donors (Lipinski definition) is 1. The molecule has 4 nitrogen and oxygen atoms in total. The van der Waals surface area contributed by atoms with E-state index >= 15 is 0 Å². The van der Waals surface area contributed by atoms with Crippen LogP contribution in [0.4, 0.5) is 13.2 Å². The second-order valence-electron chi connectivity index (χ2n) is 5.97. The molecule has 1 aliphatic carbocycles. The summed E-state index contributed by atoms with van der Waals surface area (Å²) in [5.41, 5.74) is 1.83. The molecule has 0 saturated heterocycles. The fourth-order valence-electron chi connectivity index (χ4n) is 2.62. The van der Waals surface area contributed by atoms with Crippen LogP contribution in [0, 0.1) is 0 Å². The van der Waals surface area contributed by atoms with E-state index in [1.807, 2.05) is 24.3 Å². The number of nitrogens with one attached hydrogen (secondary N) is 1. The Labute approximate surface area is 157 Å². The number of halogens is 4. The van der Waals surface area contributed by atoms with Crippen LogP contribution >= 0.6 is 15.9 Å². The van der Waals surface area contributed by atoms with Crippen molar-refractivity contribution >= 4 is 21.5 Å². The van der Waals surface area contributed by atoms with Crippen LogP contribution in [0.25, 0.3) is 5.57 Å². The summed E-state index contributed by atoms with van der Waals surface area (Å²) in [5, 5.41) is 6.82. The maximum atomic E-state index is 12.5. The molecule has 0 fully saturated rings. The highest BCUT2D eigenvalue weighted by Crippen LogP contribution is 2.29. The van der Waals surface area contributed by atoms with E-state index in [-0.39, 0.29) is 11.9 Å². The van der Waals surface area contributed by atoms with Gasteiger partial charge in [0.1, 0.15) is 0 Å². The average molecular weight is 428 g/mol. The van der Waals surface area contributed by atoms with Crippen LogP contribution < -0.4 is 5.32 Å². The van der Waals surface area contributed by atoms with Gasteiger partial charge in [0.05, 0.1) is 0 Å². The highest BCUT2D eigenvalue weighted by molar-refractivity contribution is 9.10. The summed E-state index contributed by atoms with van der Waals surface area (Å²) in [7, 11) is 0. The normalized spacial score (nSPS) is 17.4. The molecule has 1 atom stereocenters. The van der Waals surface area contributed by atoms with Crippen LogP contribution in [0.3, 0.4) is 0 Å². The Morgan fingerprint density at radius 3 is 2.62 bits per heavy atom. The lowest BCUT2D eigenvalue weighted by Gasteiger charge is -2.16. The van der Waals surface area contributed by atoms with Crippen molar-refractivity contribution in [2.75, 3.05) is 6.54 Å². The van der Waals surface area contributed by atoms with Crippen LogP contribution in [0.15, 0.2) is 51.5 Å². The molecule has 1 heterocycles. The Morgan fingerprint density at radius 1 is 1.23 bits per heavy atom. The maximum absolute atomic E-state index is 12.5. The Kier molecular flexibility index (Phi) is 5.93. The predicted octanol–water partition coefficient (Wildman–Crippen LogP) is 4.79. The minimum absolute atomic E-state index is 0.0396. The molecule has 0 aliphatic heterocycles. The van der Waals surface area contributed by atoms with E-state index in [2.05, 4.69) is 48.0 Å². The molecular formula is C18H17BrF3N3O. The molecule has 1 aromatic heterocycles. The van der Waals surface area contributed by atoms with E-state index in [0.717, 1.165) is 23.9 Å². The van der Waals surface area contributed by atoms with Crippen molar-refractivity contribution in [3.8, 4) is 0 Å². The number of benzene rings is 1. The lowest BCUT2D eigenvalue weighted by atomic mass is 10.0. The van der Waals surface area contributed by atoms with E-state index in [1.165, 1.54) is 5.56 Å². The number of nitrogens with zero attached hydrogens (tertiary/aromatic N) is 2. The van der Waals surface area contributed by atoms with Crippen LogP contribution in [0.5, 0.6) is 0 Å². The molecule has 0 saturated carbocycles. The first-order valence-electron chi connectivity index (χ1n) is 8.19. The van der Waals surface area contributed by atoms with E-state index in [0.29, 0.717) is 12.0 Å². The first-order valence-corrected chi connectivity index (χ1v) is 8.98. The lowest BCUT2D eigenvalue weighted by Crippen LogP contribution is -2.29. The van der Waals surface area contributed by atoms with Crippen molar-refractivity contribution in [3.05, 3.63) is 64.2 Å². The fraction of sp³-hybridized carbons (Fsp3) is 0.333. The maximum Gasteiger partial charge on any atom is 0.471 e. The summed E-state index contributed by atoms with van der Waals surface area (Å²) in [6.45, 7) is 0.856. The van der Waals surface area contributed by atoms with Gasteiger partial charge in [0.2, 0.25) is 5.82 Å². The lowest BCUT2D eigenvalue weighted by molar-refractivity contribution is -0.159. The second-order valence-corrected chi connectivity index (χ2v) is 6.88. The van der Waals surface area contributed by atoms with Gasteiger partial charge in [-0.1, -0.05) is 51.4 Å². The zero-order chi connectivity index (χ0) is 18.6. The quantitative estimate of drug-likeness (QED) is 0.673.